The fourth-order valence-corrected chi connectivity index (χ4v) is 3.98. The van der Waals surface area contributed by atoms with E-state index in [9.17, 15) is 13.9 Å². The van der Waals surface area contributed by atoms with Crippen LogP contribution < -0.4 is 4.90 Å². The van der Waals surface area contributed by atoms with Crippen molar-refractivity contribution < 1.29 is 13.9 Å². The Labute approximate surface area is 165 Å². The van der Waals surface area contributed by atoms with Crippen LogP contribution >= 0.6 is 0 Å². The van der Waals surface area contributed by atoms with E-state index in [1.54, 1.807) is 0 Å². The molecule has 146 valence electrons. The molecule has 0 saturated carbocycles. The van der Waals surface area contributed by atoms with Crippen LogP contribution in [0.2, 0.25) is 0 Å². The Hall–Kier alpha value is -3.48. The van der Waals surface area contributed by atoms with Crippen LogP contribution in [-0.4, -0.2) is 33.2 Å². The molecule has 3 aromatic carbocycles. The van der Waals surface area contributed by atoms with Gasteiger partial charge in [-0.3, -0.25) is 0 Å². The number of rotatable bonds is 3. The Morgan fingerprint density at radius 2 is 1.69 bits per heavy atom. The standard InChI is InChI=1S/C22H18F2N4O/c23-18-12-19-21(20(24)22(18)29)28(26-25-19)17-8-6-16(7-9-17)27-11-10-15(13-27)14-4-2-1-3-5-14/h1-9,12,15,29H,10-11,13H2/t15-/m1/s1. The summed E-state index contributed by atoms with van der Waals surface area (Å²) in [4.78, 5) is 2.32. The zero-order valence-electron chi connectivity index (χ0n) is 15.5. The predicted molar refractivity (Wildman–Crippen MR) is 106 cm³/mol. The van der Waals surface area contributed by atoms with E-state index in [1.807, 2.05) is 30.3 Å². The Bertz CT molecular complexity index is 1180. The monoisotopic (exact) mass is 392 g/mol. The van der Waals surface area contributed by atoms with E-state index in [0.717, 1.165) is 31.3 Å². The quantitative estimate of drug-likeness (QED) is 0.562. The van der Waals surface area contributed by atoms with Crippen molar-refractivity contribution in [3.8, 4) is 11.4 Å². The van der Waals surface area contributed by atoms with Crippen LogP contribution in [0.4, 0.5) is 14.5 Å². The first kappa shape index (κ1) is 17.6. The lowest BCUT2D eigenvalue weighted by atomic mass is 9.99. The maximum Gasteiger partial charge on any atom is 0.195 e. The molecule has 0 amide bonds. The molecule has 0 unspecified atom stereocenters. The lowest BCUT2D eigenvalue weighted by Crippen LogP contribution is -2.19. The van der Waals surface area contributed by atoms with E-state index in [0.29, 0.717) is 11.6 Å². The summed E-state index contributed by atoms with van der Waals surface area (Å²) in [5, 5.41) is 17.3. The normalized spacial score (nSPS) is 16.6. The van der Waals surface area contributed by atoms with E-state index in [4.69, 9.17) is 0 Å². The van der Waals surface area contributed by atoms with Crippen LogP contribution in [0.5, 0.6) is 5.75 Å². The minimum atomic E-state index is -1.07. The van der Waals surface area contributed by atoms with Gasteiger partial charge in [0.25, 0.3) is 0 Å². The van der Waals surface area contributed by atoms with Crippen molar-refractivity contribution >= 4 is 16.7 Å². The molecular formula is C22H18F2N4O. The van der Waals surface area contributed by atoms with Gasteiger partial charge in [-0.1, -0.05) is 35.5 Å². The molecule has 1 aliphatic rings. The van der Waals surface area contributed by atoms with Crippen molar-refractivity contribution in [2.75, 3.05) is 18.0 Å². The summed E-state index contributed by atoms with van der Waals surface area (Å²) in [5.41, 5.74) is 3.00. The maximum absolute atomic E-state index is 14.4. The summed E-state index contributed by atoms with van der Waals surface area (Å²) >= 11 is 0. The zero-order valence-corrected chi connectivity index (χ0v) is 15.5. The van der Waals surface area contributed by atoms with Gasteiger partial charge in [0.15, 0.2) is 17.4 Å². The topological polar surface area (TPSA) is 54.2 Å². The molecule has 5 nitrogen and oxygen atoms in total. The van der Waals surface area contributed by atoms with Crippen molar-refractivity contribution in [3.63, 3.8) is 0 Å². The van der Waals surface area contributed by atoms with E-state index in [2.05, 4.69) is 39.5 Å². The lowest BCUT2D eigenvalue weighted by Gasteiger charge is -2.19. The molecule has 1 N–H and O–H groups in total. The molecule has 1 atom stereocenters. The van der Waals surface area contributed by atoms with Gasteiger partial charge in [0.2, 0.25) is 0 Å². The van der Waals surface area contributed by atoms with Gasteiger partial charge >= 0.3 is 0 Å². The SMILES string of the molecule is Oc1c(F)cc2nnn(-c3ccc(N4CC[C@@H](c5ccccc5)C4)cc3)c2c1F. The zero-order chi connectivity index (χ0) is 20.0. The third-order valence-corrected chi connectivity index (χ3v) is 5.52. The predicted octanol–water partition coefficient (Wildman–Crippen LogP) is 4.40. The van der Waals surface area contributed by atoms with Crippen LogP contribution in [0.1, 0.15) is 17.9 Å². The molecule has 0 spiro atoms. The van der Waals surface area contributed by atoms with Gasteiger partial charge < -0.3 is 10.0 Å². The number of benzene rings is 3. The number of fused-ring (bicyclic) bond motifs is 1. The molecule has 1 saturated heterocycles. The average Bonchev–Trinajstić information content (AvgIpc) is 3.41. The second kappa shape index (κ2) is 6.84. The number of aromatic nitrogens is 3. The van der Waals surface area contributed by atoms with Gasteiger partial charge in [0, 0.05) is 30.8 Å². The number of aromatic hydroxyl groups is 1. The first-order chi connectivity index (χ1) is 14.1. The van der Waals surface area contributed by atoms with Gasteiger partial charge in [0.05, 0.1) is 5.69 Å². The summed E-state index contributed by atoms with van der Waals surface area (Å²) in [6, 6.07) is 19.0. The molecule has 0 aliphatic carbocycles. The van der Waals surface area contributed by atoms with E-state index in [1.165, 1.54) is 10.2 Å². The molecule has 1 aliphatic heterocycles. The Balaban J connectivity index is 1.42. The highest BCUT2D eigenvalue weighted by atomic mass is 19.1. The largest absolute Gasteiger partial charge is 0.503 e. The third kappa shape index (κ3) is 2.99. The second-order valence-electron chi connectivity index (χ2n) is 7.25. The number of nitrogens with zero attached hydrogens (tertiary/aromatic N) is 4. The maximum atomic E-state index is 14.4. The smallest absolute Gasteiger partial charge is 0.195 e. The van der Waals surface area contributed by atoms with Crippen LogP contribution in [0.15, 0.2) is 60.7 Å². The molecule has 0 bridgehead atoms. The summed E-state index contributed by atoms with van der Waals surface area (Å²) in [6.07, 6.45) is 1.09. The highest BCUT2D eigenvalue weighted by Gasteiger charge is 2.24. The van der Waals surface area contributed by atoms with Crippen molar-refractivity contribution in [1.29, 1.82) is 0 Å². The fraction of sp³-hybridized carbons (Fsp3) is 0.182. The summed E-state index contributed by atoms with van der Waals surface area (Å²) in [6.45, 7) is 1.91. The van der Waals surface area contributed by atoms with Crippen molar-refractivity contribution in [2.24, 2.45) is 0 Å². The van der Waals surface area contributed by atoms with Gasteiger partial charge in [-0.25, -0.2) is 13.5 Å². The number of hydrogen-bond donors (Lipinski definition) is 1. The molecule has 4 aromatic rings. The highest BCUT2D eigenvalue weighted by Crippen LogP contribution is 2.32. The first-order valence-corrected chi connectivity index (χ1v) is 9.44. The van der Waals surface area contributed by atoms with Crippen molar-refractivity contribution in [3.05, 3.63) is 77.9 Å². The molecule has 1 fully saturated rings. The summed E-state index contributed by atoms with van der Waals surface area (Å²) < 4.78 is 29.2. The third-order valence-electron chi connectivity index (χ3n) is 5.52. The van der Waals surface area contributed by atoms with Crippen LogP contribution in [0, 0.1) is 11.6 Å². The van der Waals surface area contributed by atoms with Crippen LogP contribution in [-0.2, 0) is 0 Å². The number of anilines is 1. The minimum Gasteiger partial charge on any atom is -0.503 e. The van der Waals surface area contributed by atoms with E-state index < -0.39 is 17.4 Å². The van der Waals surface area contributed by atoms with Crippen LogP contribution in [0.3, 0.4) is 0 Å². The fourth-order valence-electron chi connectivity index (χ4n) is 3.98. The molecule has 0 radical (unpaired) electrons. The molecule has 29 heavy (non-hydrogen) atoms. The van der Waals surface area contributed by atoms with Gasteiger partial charge in [-0.15, -0.1) is 5.10 Å². The van der Waals surface area contributed by atoms with Crippen LogP contribution in [0.25, 0.3) is 16.7 Å². The molecular weight excluding hydrogens is 374 g/mol. The van der Waals surface area contributed by atoms with E-state index >= 15 is 0 Å². The lowest BCUT2D eigenvalue weighted by molar-refractivity contribution is 0.399. The number of phenolic OH excluding ortho intramolecular Hbond substituents is 1. The number of halogens is 2. The molecule has 5 rings (SSSR count). The minimum absolute atomic E-state index is 0.0483. The van der Waals surface area contributed by atoms with Gasteiger partial charge in [0.1, 0.15) is 11.0 Å². The Morgan fingerprint density at radius 3 is 2.45 bits per heavy atom. The summed E-state index contributed by atoms with van der Waals surface area (Å²) in [5.74, 6) is -2.65. The van der Waals surface area contributed by atoms with Gasteiger partial charge in [-0.2, -0.15) is 0 Å². The molecule has 2 heterocycles. The Morgan fingerprint density at radius 1 is 0.966 bits per heavy atom. The Kier molecular flexibility index (Phi) is 4.16. The molecule has 1 aromatic heterocycles. The highest BCUT2D eigenvalue weighted by molar-refractivity contribution is 5.79. The van der Waals surface area contributed by atoms with E-state index in [-0.39, 0.29) is 11.0 Å². The van der Waals surface area contributed by atoms with Gasteiger partial charge in [-0.05, 0) is 36.2 Å². The first-order valence-electron chi connectivity index (χ1n) is 9.44. The summed E-state index contributed by atoms with van der Waals surface area (Å²) in [7, 11) is 0. The number of phenols is 1. The van der Waals surface area contributed by atoms with Crippen molar-refractivity contribution in [1.82, 2.24) is 15.0 Å². The average molecular weight is 392 g/mol. The van der Waals surface area contributed by atoms with Crippen molar-refractivity contribution in [2.45, 2.75) is 12.3 Å². The molecule has 7 heteroatoms. The second-order valence-corrected chi connectivity index (χ2v) is 7.25. The number of hydrogen-bond acceptors (Lipinski definition) is 4.